The van der Waals surface area contributed by atoms with E-state index in [1.54, 1.807) is 25.0 Å². The molecular weight excluding hydrogens is 278 g/mol. The van der Waals surface area contributed by atoms with Crippen LogP contribution in [0.2, 0.25) is 0 Å². The first-order valence-corrected chi connectivity index (χ1v) is 6.17. The fourth-order valence-corrected chi connectivity index (χ4v) is 2.10. The van der Waals surface area contributed by atoms with Crippen LogP contribution in [-0.4, -0.2) is 39.2 Å². The van der Waals surface area contributed by atoms with Crippen LogP contribution in [-0.2, 0) is 0 Å². The number of fused-ring (bicyclic) bond motifs is 1. The molecule has 0 atom stereocenters. The third-order valence-corrected chi connectivity index (χ3v) is 3.17. The predicted octanol–water partition coefficient (Wildman–Crippen LogP) is 1.89. The number of ether oxygens (including phenoxy) is 2. The molecule has 0 radical (unpaired) electrons. The van der Waals surface area contributed by atoms with Gasteiger partial charge in [0.2, 0.25) is 0 Å². The summed E-state index contributed by atoms with van der Waals surface area (Å²) in [6.45, 7) is 0. The van der Waals surface area contributed by atoms with Gasteiger partial charge in [-0.15, -0.1) is 5.10 Å². The van der Waals surface area contributed by atoms with Crippen molar-refractivity contribution in [1.29, 1.82) is 0 Å². The minimum Gasteiger partial charge on any atom is -0.493 e. The molecule has 0 aliphatic carbocycles. The number of nitrogens with one attached hydrogen (secondary N) is 1. The van der Waals surface area contributed by atoms with E-state index in [2.05, 4.69) is 20.3 Å². The molecule has 0 saturated carbocycles. The summed E-state index contributed by atoms with van der Waals surface area (Å²) in [7, 11) is 3.17. The standard InChI is InChI=1S/C12H11N5O2S/c1-18-8-4-3-7(5-9(8)19-2)17-11-10(15-16-17)12(20)14-6-13-11/h3-6H,1-2H3,(H,13,14,20). The van der Waals surface area contributed by atoms with Crippen molar-refractivity contribution in [1.82, 2.24) is 25.0 Å². The summed E-state index contributed by atoms with van der Waals surface area (Å²) in [4.78, 5) is 6.97. The van der Waals surface area contributed by atoms with Gasteiger partial charge in [-0.25, -0.2) is 4.98 Å². The average Bonchev–Trinajstić information content (AvgIpc) is 2.92. The average molecular weight is 289 g/mol. The zero-order chi connectivity index (χ0) is 14.1. The van der Waals surface area contributed by atoms with E-state index in [-0.39, 0.29) is 0 Å². The van der Waals surface area contributed by atoms with Gasteiger partial charge in [-0.05, 0) is 12.1 Å². The lowest BCUT2D eigenvalue weighted by Crippen LogP contribution is -1.99. The number of rotatable bonds is 3. The van der Waals surface area contributed by atoms with Gasteiger partial charge in [-0.1, -0.05) is 17.4 Å². The second kappa shape index (κ2) is 4.89. The van der Waals surface area contributed by atoms with Crippen LogP contribution < -0.4 is 9.47 Å². The molecule has 1 N–H and O–H groups in total. The van der Waals surface area contributed by atoms with E-state index in [1.165, 1.54) is 6.33 Å². The lowest BCUT2D eigenvalue weighted by molar-refractivity contribution is 0.355. The Morgan fingerprint density at radius 2 is 2.00 bits per heavy atom. The van der Waals surface area contributed by atoms with Gasteiger partial charge < -0.3 is 14.5 Å². The minimum atomic E-state index is 0.408. The Hall–Kier alpha value is -2.48. The molecule has 0 amide bonds. The van der Waals surface area contributed by atoms with E-state index < -0.39 is 0 Å². The fourth-order valence-electron chi connectivity index (χ4n) is 1.91. The van der Waals surface area contributed by atoms with Gasteiger partial charge in [0.25, 0.3) is 0 Å². The first-order valence-electron chi connectivity index (χ1n) is 5.76. The number of H-pyrrole nitrogens is 1. The Bertz CT molecular complexity index is 826. The molecule has 0 unspecified atom stereocenters. The number of nitrogens with zero attached hydrogens (tertiary/aromatic N) is 4. The third kappa shape index (κ3) is 1.90. The third-order valence-electron chi connectivity index (χ3n) is 2.87. The maximum absolute atomic E-state index is 5.28. The predicted molar refractivity (Wildman–Crippen MR) is 74.9 cm³/mol. The molecule has 0 fully saturated rings. The van der Waals surface area contributed by atoms with Gasteiger partial charge in [0, 0.05) is 6.07 Å². The van der Waals surface area contributed by atoms with E-state index in [1.807, 2.05) is 12.1 Å². The molecule has 2 aromatic heterocycles. The quantitative estimate of drug-likeness (QED) is 0.742. The number of methoxy groups -OCH3 is 2. The summed E-state index contributed by atoms with van der Waals surface area (Å²) in [6, 6.07) is 5.47. The van der Waals surface area contributed by atoms with E-state index >= 15 is 0 Å². The summed E-state index contributed by atoms with van der Waals surface area (Å²) >= 11 is 5.11. The van der Waals surface area contributed by atoms with Crippen molar-refractivity contribution in [3.63, 3.8) is 0 Å². The van der Waals surface area contributed by atoms with Gasteiger partial charge in [0.15, 0.2) is 27.3 Å². The molecule has 8 heteroatoms. The molecule has 3 rings (SSSR count). The smallest absolute Gasteiger partial charge is 0.167 e. The van der Waals surface area contributed by atoms with Gasteiger partial charge in [0.1, 0.15) is 0 Å². The Kier molecular flexibility index (Phi) is 3.07. The zero-order valence-corrected chi connectivity index (χ0v) is 11.6. The molecule has 0 spiro atoms. The van der Waals surface area contributed by atoms with Crippen LogP contribution in [0, 0.1) is 4.64 Å². The maximum atomic E-state index is 5.28. The molecule has 0 bridgehead atoms. The Morgan fingerprint density at radius 1 is 1.20 bits per heavy atom. The molecule has 3 aromatic rings. The lowest BCUT2D eigenvalue weighted by Gasteiger charge is -2.09. The van der Waals surface area contributed by atoms with Gasteiger partial charge in [0.05, 0.1) is 26.2 Å². The van der Waals surface area contributed by atoms with Gasteiger partial charge >= 0.3 is 0 Å². The van der Waals surface area contributed by atoms with E-state index in [0.717, 1.165) is 5.69 Å². The topological polar surface area (TPSA) is 77.9 Å². The van der Waals surface area contributed by atoms with Crippen molar-refractivity contribution in [3.8, 4) is 17.2 Å². The molecule has 1 aromatic carbocycles. The summed E-state index contributed by atoms with van der Waals surface area (Å²) in [5.41, 5.74) is 2.01. The summed E-state index contributed by atoms with van der Waals surface area (Å²) in [5.74, 6) is 1.26. The molecule has 102 valence electrons. The normalized spacial score (nSPS) is 10.7. The van der Waals surface area contributed by atoms with Crippen molar-refractivity contribution in [3.05, 3.63) is 29.2 Å². The fraction of sp³-hybridized carbons (Fsp3) is 0.167. The van der Waals surface area contributed by atoms with Crippen LogP contribution in [0.15, 0.2) is 24.5 Å². The van der Waals surface area contributed by atoms with Crippen LogP contribution in [0.4, 0.5) is 0 Å². The van der Waals surface area contributed by atoms with Crippen molar-refractivity contribution >= 4 is 23.4 Å². The zero-order valence-electron chi connectivity index (χ0n) is 10.8. The molecule has 0 aliphatic heterocycles. The number of hydrogen-bond donors (Lipinski definition) is 1. The highest BCUT2D eigenvalue weighted by molar-refractivity contribution is 7.71. The SMILES string of the molecule is COc1ccc(-n2nnc3c(=S)nc[nH]c32)cc1OC. The molecule has 7 nitrogen and oxygen atoms in total. The molecule has 0 saturated heterocycles. The van der Waals surface area contributed by atoms with Crippen LogP contribution >= 0.6 is 12.2 Å². The van der Waals surface area contributed by atoms with E-state index in [0.29, 0.717) is 27.3 Å². The van der Waals surface area contributed by atoms with E-state index in [9.17, 15) is 0 Å². The second-order valence-corrected chi connectivity index (χ2v) is 4.33. The maximum Gasteiger partial charge on any atom is 0.167 e. The Labute approximate surface area is 119 Å². The molecule has 0 aliphatic rings. The lowest BCUT2D eigenvalue weighted by atomic mass is 10.2. The first kappa shape index (κ1) is 12.5. The van der Waals surface area contributed by atoms with Crippen LogP contribution in [0.3, 0.4) is 0 Å². The largest absolute Gasteiger partial charge is 0.493 e. The Morgan fingerprint density at radius 3 is 2.75 bits per heavy atom. The first-order chi connectivity index (χ1) is 9.74. The van der Waals surface area contributed by atoms with Crippen LogP contribution in [0.1, 0.15) is 0 Å². The van der Waals surface area contributed by atoms with Gasteiger partial charge in [-0.3, -0.25) is 0 Å². The summed E-state index contributed by atoms with van der Waals surface area (Å²) < 4.78 is 12.5. The van der Waals surface area contributed by atoms with Crippen molar-refractivity contribution in [2.45, 2.75) is 0 Å². The highest BCUT2D eigenvalue weighted by atomic mass is 32.1. The summed E-state index contributed by atoms with van der Waals surface area (Å²) in [5, 5.41) is 8.13. The van der Waals surface area contributed by atoms with Gasteiger partial charge in [-0.2, -0.15) is 4.68 Å². The number of benzene rings is 1. The minimum absolute atomic E-state index is 0.408. The highest BCUT2D eigenvalue weighted by Crippen LogP contribution is 2.29. The van der Waals surface area contributed by atoms with Crippen LogP contribution in [0.25, 0.3) is 16.9 Å². The molecular formula is C12H11N5O2S. The second-order valence-electron chi connectivity index (χ2n) is 3.95. The van der Waals surface area contributed by atoms with Crippen molar-refractivity contribution < 1.29 is 9.47 Å². The van der Waals surface area contributed by atoms with Crippen LogP contribution in [0.5, 0.6) is 11.5 Å². The molecule has 20 heavy (non-hydrogen) atoms. The molecule has 2 heterocycles. The van der Waals surface area contributed by atoms with E-state index in [4.69, 9.17) is 21.7 Å². The number of aromatic amines is 1. The van der Waals surface area contributed by atoms with Crippen molar-refractivity contribution in [2.24, 2.45) is 0 Å². The Balaban J connectivity index is 2.21. The van der Waals surface area contributed by atoms with Crippen molar-refractivity contribution in [2.75, 3.05) is 14.2 Å². The monoisotopic (exact) mass is 289 g/mol. The number of aromatic nitrogens is 5. The summed E-state index contributed by atoms with van der Waals surface area (Å²) in [6.07, 6.45) is 1.52. The number of hydrogen-bond acceptors (Lipinski definition) is 6. The highest BCUT2D eigenvalue weighted by Gasteiger charge is 2.11.